The number of esters is 1. The maximum Gasteiger partial charge on any atom is 0.306 e. The number of nitrogen functional groups attached to an aromatic ring is 1. The van der Waals surface area contributed by atoms with Crippen LogP contribution in [0.4, 0.5) is 11.4 Å². The van der Waals surface area contributed by atoms with Crippen molar-refractivity contribution in [2.75, 3.05) is 45.9 Å². The summed E-state index contributed by atoms with van der Waals surface area (Å²) in [4.78, 5) is 25.4. The molecule has 3 N–H and O–H groups in total. The number of benzene rings is 2. The van der Waals surface area contributed by atoms with Gasteiger partial charge in [0, 0.05) is 27.1 Å². The monoisotopic (exact) mass is 399 g/mol. The van der Waals surface area contributed by atoms with Gasteiger partial charge in [-0.05, 0) is 41.8 Å². The predicted octanol–water partition coefficient (Wildman–Crippen LogP) is 2.78. The SMILES string of the molecule is CNc1ccc(C(CC(=O)OC)c2ccc(C)c(OCC(=O)N(C)C)c2)cc1N. The zero-order valence-corrected chi connectivity index (χ0v) is 17.6. The van der Waals surface area contributed by atoms with Crippen LogP contribution in [-0.4, -0.2) is 51.6 Å². The van der Waals surface area contributed by atoms with E-state index in [1.807, 2.05) is 43.3 Å². The highest BCUT2D eigenvalue weighted by atomic mass is 16.5. The highest BCUT2D eigenvalue weighted by molar-refractivity contribution is 5.77. The van der Waals surface area contributed by atoms with Crippen molar-refractivity contribution >= 4 is 23.3 Å². The molecule has 7 nitrogen and oxygen atoms in total. The summed E-state index contributed by atoms with van der Waals surface area (Å²) in [5.41, 5.74) is 10.2. The third-order valence-electron chi connectivity index (χ3n) is 4.81. The van der Waals surface area contributed by atoms with Crippen molar-refractivity contribution in [1.82, 2.24) is 4.90 Å². The molecule has 1 unspecified atom stereocenters. The molecule has 0 aliphatic rings. The Hall–Kier alpha value is -3.22. The molecule has 0 spiro atoms. The maximum atomic E-state index is 12.1. The Morgan fingerprint density at radius 2 is 1.79 bits per heavy atom. The summed E-state index contributed by atoms with van der Waals surface area (Å²) in [5, 5.41) is 3.03. The molecule has 29 heavy (non-hydrogen) atoms. The summed E-state index contributed by atoms with van der Waals surface area (Å²) < 4.78 is 10.6. The molecule has 0 saturated heterocycles. The third-order valence-corrected chi connectivity index (χ3v) is 4.81. The van der Waals surface area contributed by atoms with E-state index in [9.17, 15) is 9.59 Å². The van der Waals surface area contributed by atoms with Gasteiger partial charge in [0.05, 0.1) is 24.9 Å². The molecule has 0 aliphatic carbocycles. The van der Waals surface area contributed by atoms with Crippen LogP contribution in [0.1, 0.15) is 29.0 Å². The first-order chi connectivity index (χ1) is 13.8. The van der Waals surface area contributed by atoms with Crippen LogP contribution in [-0.2, 0) is 14.3 Å². The van der Waals surface area contributed by atoms with Crippen LogP contribution < -0.4 is 15.8 Å². The Morgan fingerprint density at radius 1 is 1.14 bits per heavy atom. The van der Waals surface area contributed by atoms with Gasteiger partial charge >= 0.3 is 5.97 Å². The summed E-state index contributed by atoms with van der Waals surface area (Å²) in [7, 11) is 6.53. The van der Waals surface area contributed by atoms with Gasteiger partial charge in [0.2, 0.25) is 0 Å². The van der Waals surface area contributed by atoms with Crippen molar-refractivity contribution in [2.45, 2.75) is 19.3 Å². The number of rotatable bonds is 8. The predicted molar refractivity (Wildman–Crippen MR) is 114 cm³/mol. The lowest BCUT2D eigenvalue weighted by molar-refractivity contribution is -0.140. The van der Waals surface area contributed by atoms with Gasteiger partial charge in [0.15, 0.2) is 6.61 Å². The van der Waals surface area contributed by atoms with Gasteiger partial charge in [-0.15, -0.1) is 0 Å². The van der Waals surface area contributed by atoms with Crippen LogP contribution in [0.2, 0.25) is 0 Å². The number of aryl methyl sites for hydroxylation is 1. The molecular formula is C22H29N3O4. The molecule has 2 aromatic carbocycles. The summed E-state index contributed by atoms with van der Waals surface area (Å²) in [5.74, 6) is -0.107. The fourth-order valence-electron chi connectivity index (χ4n) is 2.96. The number of nitrogens with one attached hydrogen (secondary N) is 1. The molecule has 0 fully saturated rings. The zero-order chi connectivity index (χ0) is 21.6. The van der Waals surface area contributed by atoms with Crippen LogP contribution in [0.25, 0.3) is 0 Å². The number of hydrogen-bond acceptors (Lipinski definition) is 6. The Balaban J connectivity index is 2.40. The maximum absolute atomic E-state index is 12.1. The van der Waals surface area contributed by atoms with Crippen molar-refractivity contribution < 1.29 is 19.1 Å². The molecule has 2 aromatic rings. The molecule has 0 aromatic heterocycles. The lowest BCUT2D eigenvalue weighted by atomic mass is 9.87. The van der Waals surface area contributed by atoms with Crippen molar-refractivity contribution in [2.24, 2.45) is 0 Å². The minimum Gasteiger partial charge on any atom is -0.483 e. The number of nitrogens with two attached hydrogens (primary N) is 1. The number of carbonyl (C=O) groups excluding carboxylic acids is 2. The topological polar surface area (TPSA) is 93.9 Å². The van der Waals surface area contributed by atoms with Crippen LogP contribution in [0.5, 0.6) is 5.75 Å². The van der Waals surface area contributed by atoms with Gasteiger partial charge in [-0.1, -0.05) is 18.2 Å². The fourth-order valence-corrected chi connectivity index (χ4v) is 2.96. The van der Waals surface area contributed by atoms with E-state index in [1.54, 1.807) is 21.1 Å². The lowest BCUT2D eigenvalue weighted by Gasteiger charge is -2.20. The smallest absolute Gasteiger partial charge is 0.306 e. The van der Waals surface area contributed by atoms with Crippen LogP contribution in [0.3, 0.4) is 0 Å². The number of amides is 1. The number of anilines is 2. The van der Waals surface area contributed by atoms with E-state index in [0.717, 1.165) is 22.4 Å². The van der Waals surface area contributed by atoms with Gasteiger partial charge in [-0.2, -0.15) is 0 Å². The number of ether oxygens (including phenoxy) is 2. The first-order valence-corrected chi connectivity index (χ1v) is 9.34. The minimum atomic E-state index is -0.322. The second kappa shape index (κ2) is 9.82. The Bertz CT molecular complexity index is 880. The fraction of sp³-hybridized carbons (Fsp3) is 0.364. The molecule has 0 aliphatic heterocycles. The lowest BCUT2D eigenvalue weighted by Crippen LogP contribution is -2.27. The molecule has 0 heterocycles. The molecule has 0 bridgehead atoms. The molecule has 1 amide bonds. The molecule has 7 heteroatoms. The Labute approximate surface area is 171 Å². The number of likely N-dealkylation sites (N-methyl/N-ethyl adjacent to an activating group) is 1. The summed E-state index contributed by atoms with van der Waals surface area (Å²) >= 11 is 0. The first kappa shape index (κ1) is 22.1. The van der Waals surface area contributed by atoms with Gasteiger partial charge in [0.25, 0.3) is 5.91 Å². The summed E-state index contributed by atoms with van der Waals surface area (Å²) in [6, 6.07) is 11.4. The average Bonchev–Trinajstić information content (AvgIpc) is 2.70. The molecule has 0 radical (unpaired) electrons. The van der Waals surface area contributed by atoms with Crippen molar-refractivity contribution in [3.63, 3.8) is 0 Å². The van der Waals surface area contributed by atoms with Crippen molar-refractivity contribution in [3.8, 4) is 5.75 Å². The van der Waals surface area contributed by atoms with E-state index in [0.29, 0.717) is 11.4 Å². The standard InChI is InChI=1S/C22H29N3O4/c1-14-6-7-16(11-20(14)29-13-21(26)25(3)4)17(12-22(27)28-5)15-8-9-19(24-2)18(23)10-15/h6-11,17,24H,12-13,23H2,1-5H3. The van der Waals surface area contributed by atoms with E-state index in [-0.39, 0.29) is 30.8 Å². The van der Waals surface area contributed by atoms with Gasteiger partial charge in [-0.3, -0.25) is 9.59 Å². The highest BCUT2D eigenvalue weighted by Crippen LogP contribution is 2.34. The number of hydrogen-bond donors (Lipinski definition) is 2. The van der Waals surface area contributed by atoms with Gasteiger partial charge < -0.3 is 25.4 Å². The molecule has 0 saturated carbocycles. The highest BCUT2D eigenvalue weighted by Gasteiger charge is 2.21. The van der Waals surface area contributed by atoms with E-state index >= 15 is 0 Å². The van der Waals surface area contributed by atoms with Crippen LogP contribution in [0.15, 0.2) is 36.4 Å². The van der Waals surface area contributed by atoms with E-state index < -0.39 is 0 Å². The first-order valence-electron chi connectivity index (χ1n) is 9.34. The van der Waals surface area contributed by atoms with Crippen LogP contribution in [0, 0.1) is 6.92 Å². The van der Waals surface area contributed by atoms with Crippen molar-refractivity contribution in [3.05, 3.63) is 53.1 Å². The molecule has 156 valence electrons. The molecule has 1 atom stereocenters. The molecular weight excluding hydrogens is 370 g/mol. The zero-order valence-electron chi connectivity index (χ0n) is 17.6. The Morgan fingerprint density at radius 3 is 2.38 bits per heavy atom. The van der Waals surface area contributed by atoms with E-state index in [1.165, 1.54) is 12.0 Å². The van der Waals surface area contributed by atoms with Gasteiger partial charge in [0.1, 0.15) is 5.75 Å². The molecule has 2 rings (SSSR count). The van der Waals surface area contributed by atoms with Gasteiger partial charge in [-0.25, -0.2) is 0 Å². The second-order valence-corrected chi connectivity index (χ2v) is 7.03. The van der Waals surface area contributed by atoms with E-state index in [2.05, 4.69) is 5.32 Å². The third kappa shape index (κ3) is 5.63. The largest absolute Gasteiger partial charge is 0.483 e. The number of methoxy groups -OCH3 is 1. The summed E-state index contributed by atoms with van der Waals surface area (Å²) in [6.45, 7) is 1.86. The number of nitrogens with zero attached hydrogens (tertiary/aromatic N) is 1. The quantitative estimate of drug-likeness (QED) is 0.524. The second-order valence-electron chi connectivity index (χ2n) is 7.03. The van der Waals surface area contributed by atoms with Crippen molar-refractivity contribution in [1.29, 1.82) is 0 Å². The normalized spacial score (nSPS) is 11.5. The minimum absolute atomic E-state index is 0.0528. The Kier molecular flexibility index (Phi) is 7.47. The van der Waals surface area contributed by atoms with Crippen LogP contribution >= 0.6 is 0 Å². The van der Waals surface area contributed by atoms with E-state index in [4.69, 9.17) is 15.2 Å². The average molecular weight is 399 g/mol. The number of carbonyl (C=O) groups is 2. The summed E-state index contributed by atoms with van der Waals surface area (Å²) in [6.07, 6.45) is 0.161.